The standard InChI is InChI=1S/C28H24FN5O2/c29-20-13-15-21(16-14-20)30-27(35)24-17-12-18-6-4-5-9-23(18)33(24)28(36)25-31-26(19-10-11-19)34(32-25)22-7-2-1-3-8-22/h1-9,13-16,19,24H,10-12,17H2,(H,30,35). The summed E-state index contributed by atoms with van der Waals surface area (Å²) < 4.78 is 15.1. The molecule has 2 heterocycles. The van der Waals surface area contributed by atoms with Crippen molar-refractivity contribution in [3.05, 3.63) is 102 Å². The van der Waals surface area contributed by atoms with E-state index in [9.17, 15) is 14.0 Å². The summed E-state index contributed by atoms with van der Waals surface area (Å²) in [7, 11) is 0. The minimum Gasteiger partial charge on any atom is -0.324 e. The largest absolute Gasteiger partial charge is 0.324 e. The molecule has 2 amide bonds. The normalized spacial score (nSPS) is 16.9. The Hall–Kier alpha value is -4.33. The molecular weight excluding hydrogens is 457 g/mol. The highest BCUT2D eigenvalue weighted by atomic mass is 19.1. The van der Waals surface area contributed by atoms with E-state index in [1.807, 2.05) is 54.6 Å². The molecular formula is C28H24FN5O2. The molecule has 4 aromatic rings. The van der Waals surface area contributed by atoms with Gasteiger partial charge in [0.25, 0.3) is 5.91 Å². The minimum absolute atomic E-state index is 0.0667. The number of nitrogens with zero attached hydrogens (tertiary/aromatic N) is 4. The summed E-state index contributed by atoms with van der Waals surface area (Å²) in [6.07, 6.45) is 3.12. The number of amides is 2. The van der Waals surface area contributed by atoms with Gasteiger partial charge in [0.1, 0.15) is 17.7 Å². The van der Waals surface area contributed by atoms with Crippen molar-refractivity contribution in [1.29, 1.82) is 0 Å². The monoisotopic (exact) mass is 481 g/mol. The first-order valence-corrected chi connectivity index (χ1v) is 12.1. The Balaban J connectivity index is 1.37. The first kappa shape index (κ1) is 22.2. The average molecular weight is 482 g/mol. The summed E-state index contributed by atoms with van der Waals surface area (Å²) in [5, 5.41) is 7.45. The van der Waals surface area contributed by atoms with Gasteiger partial charge in [-0.05, 0) is 73.7 Å². The highest BCUT2D eigenvalue weighted by Crippen LogP contribution is 2.40. The van der Waals surface area contributed by atoms with E-state index in [0.717, 1.165) is 29.9 Å². The molecule has 7 nitrogen and oxygen atoms in total. The number of fused-ring (bicyclic) bond motifs is 1. The van der Waals surface area contributed by atoms with E-state index in [0.29, 0.717) is 24.2 Å². The van der Waals surface area contributed by atoms with Crippen LogP contribution in [0.3, 0.4) is 0 Å². The van der Waals surface area contributed by atoms with E-state index in [-0.39, 0.29) is 23.5 Å². The molecule has 1 aromatic heterocycles. The SMILES string of the molecule is O=C(Nc1ccc(F)cc1)C1CCc2ccccc2N1C(=O)c1nc(C2CC2)n(-c2ccccc2)n1. The lowest BCUT2D eigenvalue weighted by Crippen LogP contribution is -2.50. The van der Waals surface area contributed by atoms with Crippen LogP contribution in [-0.2, 0) is 11.2 Å². The van der Waals surface area contributed by atoms with Gasteiger partial charge in [-0.3, -0.25) is 14.5 Å². The van der Waals surface area contributed by atoms with Crippen LogP contribution in [0.4, 0.5) is 15.8 Å². The highest BCUT2D eigenvalue weighted by Gasteiger charge is 2.39. The Bertz CT molecular complexity index is 1430. The van der Waals surface area contributed by atoms with Crippen molar-refractivity contribution in [3.63, 3.8) is 0 Å². The first-order valence-electron chi connectivity index (χ1n) is 12.1. The third kappa shape index (κ3) is 4.15. The van der Waals surface area contributed by atoms with E-state index in [4.69, 9.17) is 0 Å². The summed E-state index contributed by atoms with van der Waals surface area (Å²) >= 11 is 0. The number of nitrogens with one attached hydrogen (secondary N) is 1. The number of aromatic nitrogens is 3. The lowest BCUT2D eigenvalue weighted by molar-refractivity contribution is -0.117. The maximum atomic E-state index is 14.0. The summed E-state index contributed by atoms with van der Waals surface area (Å²) in [6, 6.07) is 22.1. The van der Waals surface area contributed by atoms with Gasteiger partial charge in [-0.2, -0.15) is 0 Å². The van der Waals surface area contributed by atoms with Crippen molar-refractivity contribution >= 4 is 23.2 Å². The van der Waals surface area contributed by atoms with Crippen LogP contribution in [0.5, 0.6) is 0 Å². The number of carbonyl (C=O) groups excluding carboxylic acids is 2. The second kappa shape index (κ2) is 9.03. The van der Waals surface area contributed by atoms with Crippen molar-refractivity contribution < 1.29 is 14.0 Å². The van der Waals surface area contributed by atoms with E-state index in [1.165, 1.54) is 29.2 Å². The van der Waals surface area contributed by atoms with Crippen molar-refractivity contribution in [1.82, 2.24) is 14.8 Å². The zero-order valence-electron chi connectivity index (χ0n) is 19.5. The van der Waals surface area contributed by atoms with Gasteiger partial charge in [0.2, 0.25) is 11.7 Å². The molecule has 1 aliphatic carbocycles. The van der Waals surface area contributed by atoms with Crippen LogP contribution in [-0.4, -0.2) is 32.6 Å². The van der Waals surface area contributed by atoms with Gasteiger partial charge >= 0.3 is 0 Å². The Labute approximate surface area is 207 Å². The molecule has 0 bridgehead atoms. The lowest BCUT2D eigenvalue weighted by Gasteiger charge is -2.35. The van der Waals surface area contributed by atoms with Crippen LogP contribution >= 0.6 is 0 Å². The molecule has 1 saturated carbocycles. The number of carbonyl (C=O) groups is 2. The number of aryl methyl sites for hydroxylation is 1. The maximum Gasteiger partial charge on any atom is 0.298 e. The van der Waals surface area contributed by atoms with Crippen LogP contribution in [0.1, 0.15) is 47.2 Å². The smallest absolute Gasteiger partial charge is 0.298 e. The van der Waals surface area contributed by atoms with Gasteiger partial charge in [-0.15, -0.1) is 5.10 Å². The summed E-state index contributed by atoms with van der Waals surface area (Å²) in [4.78, 5) is 33.5. The number of benzene rings is 3. The fraction of sp³-hybridized carbons (Fsp3) is 0.214. The van der Waals surface area contributed by atoms with Gasteiger partial charge in [-0.1, -0.05) is 36.4 Å². The van der Waals surface area contributed by atoms with Crippen molar-refractivity contribution in [2.75, 3.05) is 10.2 Å². The molecule has 3 aromatic carbocycles. The Morgan fingerprint density at radius 3 is 2.36 bits per heavy atom. The number of anilines is 2. The van der Waals surface area contributed by atoms with Crippen molar-refractivity contribution in [2.45, 2.75) is 37.6 Å². The van der Waals surface area contributed by atoms with E-state index < -0.39 is 11.9 Å². The highest BCUT2D eigenvalue weighted by molar-refractivity contribution is 6.11. The fourth-order valence-corrected chi connectivity index (χ4v) is 4.69. The Kier molecular flexibility index (Phi) is 5.56. The molecule has 36 heavy (non-hydrogen) atoms. The van der Waals surface area contributed by atoms with Crippen molar-refractivity contribution in [2.24, 2.45) is 0 Å². The predicted octanol–water partition coefficient (Wildman–Crippen LogP) is 4.88. The van der Waals surface area contributed by atoms with Gasteiger partial charge in [-0.25, -0.2) is 14.1 Å². The van der Waals surface area contributed by atoms with E-state index in [2.05, 4.69) is 15.4 Å². The third-order valence-corrected chi connectivity index (χ3v) is 6.65. The predicted molar refractivity (Wildman–Crippen MR) is 134 cm³/mol. The molecule has 2 aliphatic rings. The number of para-hydroxylation sites is 2. The second-order valence-corrected chi connectivity index (χ2v) is 9.17. The average Bonchev–Trinajstić information content (AvgIpc) is 3.67. The molecule has 0 saturated heterocycles. The second-order valence-electron chi connectivity index (χ2n) is 9.17. The minimum atomic E-state index is -0.759. The van der Waals surface area contributed by atoms with Crippen LogP contribution < -0.4 is 10.2 Å². The van der Waals surface area contributed by atoms with Crippen LogP contribution in [0, 0.1) is 5.82 Å². The number of halogens is 1. The zero-order chi connectivity index (χ0) is 24.6. The molecule has 1 aliphatic heterocycles. The molecule has 1 atom stereocenters. The van der Waals surface area contributed by atoms with Crippen molar-refractivity contribution in [3.8, 4) is 5.69 Å². The molecule has 0 spiro atoms. The van der Waals surface area contributed by atoms with Crippen LogP contribution in [0.15, 0.2) is 78.9 Å². The number of hydrogen-bond donors (Lipinski definition) is 1. The molecule has 1 unspecified atom stereocenters. The first-order chi connectivity index (χ1) is 17.6. The topological polar surface area (TPSA) is 80.1 Å². The molecule has 1 N–H and O–H groups in total. The molecule has 1 fully saturated rings. The van der Waals surface area contributed by atoms with Gasteiger partial charge in [0, 0.05) is 17.3 Å². The maximum absolute atomic E-state index is 14.0. The Morgan fingerprint density at radius 1 is 0.889 bits per heavy atom. The molecule has 180 valence electrons. The molecule has 6 rings (SSSR count). The van der Waals surface area contributed by atoms with Crippen LogP contribution in [0.25, 0.3) is 5.69 Å². The van der Waals surface area contributed by atoms with Gasteiger partial charge in [0.05, 0.1) is 5.69 Å². The Morgan fingerprint density at radius 2 is 1.61 bits per heavy atom. The zero-order valence-corrected chi connectivity index (χ0v) is 19.5. The van der Waals surface area contributed by atoms with Gasteiger partial charge in [0.15, 0.2) is 0 Å². The molecule has 8 heteroatoms. The third-order valence-electron chi connectivity index (χ3n) is 6.65. The van der Waals surface area contributed by atoms with E-state index in [1.54, 1.807) is 4.68 Å². The molecule has 0 radical (unpaired) electrons. The number of hydrogen-bond acceptors (Lipinski definition) is 4. The van der Waals surface area contributed by atoms with Gasteiger partial charge < -0.3 is 5.32 Å². The quantitative estimate of drug-likeness (QED) is 0.440. The summed E-state index contributed by atoms with van der Waals surface area (Å²) in [5.41, 5.74) is 2.98. The lowest BCUT2D eigenvalue weighted by atomic mass is 9.95. The number of rotatable bonds is 5. The fourth-order valence-electron chi connectivity index (χ4n) is 4.69. The van der Waals surface area contributed by atoms with Crippen LogP contribution in [0.2, 0.25) is 0 Å². The summed E-state index contributed by atoms with van der Waals surface area (Å²) in [5.74, 6) is -0.0417. The summed E-state index contributed by atoms with van der Waals surface area (Å²) in [6.45, 7) is 0. The van der Waals surface area contributed by atoms with E-state index >= 15 is 0 Å².